The van der Waals surface area contributed by atoms with Crippen molar-refractivity contribution in [2.24, 2.45) is 0 Å². The number of nitrogens with one attached hydrogen (secondary N) is 1. The molecule has 10 heteroatoms. The Morgan fingerprint density at radius 1 is 1.00 bits per heavy atom. The minimum Gasteiger partial charge on any atom is -0.493 e. The van der Waals surface area contributed by atoms with Gasteiger partial charge in [-0.05, 0) is 58.7 Å². The van der Waals surface area contributed by atoms with Crippen LogP contribution in [0.3, 0.4) is 0 Å². The average molecular weight is 522 g/mol. The fourth-order valence-electron chi connectivity index (χ4n) is 4.78. The van der Waals surface area contributed by atoms with Gasteiger partial charge in [0.05, 0.1) is 25.3 Å². The van der Waals surface area contributed by atoms with Gasteiger partial charge < -0.3 is 29.3 Å². The summed E-state index contributed by atoms with van der Waals surface area (Å²) < 4.78 is 45.0. The Bertz CT molecular complexity index is 1010. The summed E-state index contributed by atoms with van der Waals surface area (Å²) in [7, 11) is 1.62. The summed E-state index contributed by atoms with van der Waals surface area (Å²) in [6, 6.07) is 3.77. The van der Waals surface area contributed by atoms with Gasteiger partial charge >= 0.3 is 0 Å². The fraction of sp³-hybridized carbons (Fsp3) is 0.704. The van der Waals surface area contributed by atoms with Crippen molar-refractivity contribution in [1.29, 1.82) is 0 Å². The molecule has 0 amide bonds. The van der Waals surface area contributed by atoms with Crippen LogP contribution in [0.15, 0.2) is 12.1 Å². The predicted octanol–water partition coefficient (Wildman–Crippen LogP) is 4.97. The maximum Gasteiger partial charge on any atom is 0.251 e. The van der Waals surface area contributed by atoms with Crippen LogP contribution in [0, 0.1) is 0 Å². The Morgan fingerprint density at radius 2 is 1.76 bits per heavy atom. The van der Waals surface area contributed by atoms with Crippen molar-refractivity contribution in [3.05, 3.63) is 12.1 Å². The lowest BCUT2D eigenvalue weighted by Gasteiger charge is -2.32. The average Bonchev–Trinajstić information content (AvgIpc) is 3.39. The van der Waals surface area contributed by atoms with E-state index >= 15 is 0 Å². The molecular weight excluding hydrogens is 480 g/mol. The molecule has 3 heterocycles. The van der Waals surface area contributed by atoms with Gasteiger partial charge in [-0.2, -0.15) is 4.98 Å². The minimum absolute atomic E-state index is 0.182. The van der Waals surface area contributed by atoms with E-state index in [1.807, 2.05) is 30.9 Å². The number of hydrogen-bond donors (Lipinski definition) is 1. The van der Waals surface area contributed by atoms with E-state index in [1.165, 1.54) is 25.9 Å². The van der Waals surface area contributed by atoms with Crippen LogP contribution < -0.4 is 19.7 Å². The van der Waals surface area contributed by atoms with E-state index in [2.05, 4.69) is 10.2 Å². The predicted molar refractivity (Wildman–Crippen MR) is 142 cm³/mol. The van der Waals surface area contributed by atoms with Gasteiger partial charge in [-0.15, -0.1) is 0 Å². The standard InChI is InChI=1S/C27H41F2N5O3/c1-20(2)36-16-6-10-30-25-21-18-23(35-3)24(37-17-7-13-33-11-4-5-12-33)19-22(21)31-26(32-25)34-14-8-27(28,29)9-15-34/h18-20H,4-17H2,1-3H3,(H,30,31,32). The smallest absolute Gasteiger partial charge is 0.251 e. The van der Waals surface area contributed by atoms with Crippen molar-refractivity contribution in [2.45, 2.75) is 64.4 Å². The molecule has 1 N–H and O–H groups in total. The largest absolute Gasteiger partial charge is 0.493 e. The van der Waals surface area contributed by atoms with E-state index in [0.717, 1.165) is 24.8 Å². The Kier molecular flexibility index (Phi) is 9.59. The number of fused-ring (bicyclic) bond motifs is 1. The monoisotopic (exact) mass is 521 g/mol. The molecule has 0 saturated carbocycles. The molecule has 0 spiro atoms. The lowest BCUT2D eigenvalue weighted by Crippen LogP contribution is -2.40. The third-order valence-electron chi connectivity index (χ3n) is 6.89. The molecule has 2 saturated heterocycles. The van der Waals surface area contributed by atoms with Gasteiger partial charge in [0.15, 0.2) is 11.5 Å². The molecule has 0 aliphatic carbocycles. The molecule has 4 rings (SSSR count). The van der Waals surface area contributed by atoms with Crippen LogP contribution >= 0.6 is 0 Å². The number of rotatable bonds is 13. The molecule has 0 bridgehead atoms. The molecule has 8 nitrogen and oxygen atoms in total. The number of benzene rings is 1. The summed E-state index contributed by atoms with van der Waals surface area (Å²) in [4.78, 5) is 13.8. The number of piperidine rings is 1. The quantitative estimate of drug-likeness (QED) is 0.371. The summed E-state index contributed by atoms with van der Waals surface area (Å²) in [5, 5.41) is 4.21. The van der Waals surface area contributed by atoms with Crippen LogP contribution in [0.1, 0.15) is 52.4 Å². The lowest BCUT2D eigenvalue weighted by atomic mass is 10.1. The summed E-state index contributed by atoms with van der Waals surface area (Å²) in [6.45, 7) is 9.70. The Hall–Kier alpha value is -2.46. The van der Waals surface area contributed by atoms with Crippen LogP contribution in [-0.4, -0.2) is 86.5 Å². The number of anilines is 2. The van der Waals surface area contributed by atoms with E-state index in [0.29, 0.717) is 48.5 Å². The molecule has 1 aromatic carbocycles. The van der Waals surface area contributed by atoms with Gasteiger partial charge in [-0.1, -0.05) is 0 Å². The molecule has 2 aromatic rings. The number of methoxy groups -OCH3 is 1. The second-order valence-corrected chi connectivity index (χ2v) is 10.2. The maximum atomic E-state index is 13.8. The first kappa shape index (κ1) is 27.6. The summed E-state index contributed by atoms with van der Waals surface area (Å²) in [5.74, 6) is -0.278. The third-order valence-corrected chi connectivity index (χ3v) is 6.89. The van der Waals surface area contributed by atoms with Crippen LogP contribution in [0.2, 0.25) is 0 Å². The number of ether oxygens (including phenoxy) is 3. The molecule has 2 aliphatic rings. The van der Waals surface area contributed by atoms with Crippen LogP contribution in [0.4, 0.5) is 20.5 Å². The molecule has 1 aromatic heterocycles. The zero-order valence-electron chi connectivity index (χ0n) is 22.4. The second kappa shape index (κ2) is 12.9. The zero-order chi connectivity index (χ0) is 26.3. The van der Waals surface area contributed by atoms with Crippen molar-refractivity contribution >= 4 is 22.7 Å². The van der Waals surface area contributed by atoms with Crippen LogP contribution in [0.25, 0.3) is 10.9 Å². The number of nitrogens with zero attached hydrogens (tertiary/aromatic N) is 4. The molecule has 0 atom stereocenters. The van der Waals surface area contributed by atoms with E-state index in [9.17, 15) is 8.78 Å². The first-order valence-corrected chi connectivity index (χ1v) is 13.6. The van der Waals surface area contributed by atoms with Crippen molar-refractivity contribution in [3.8, 4) is 11.5 Å². The van der Waals surface area contributed by atoms with Gasteiger partial charge in [-0.3, -0.25) is 0 Å². The molecule has 37 heavy (non-hydrogen) atoms. The lowest BCUT2D eigenvalue weighted by molar-refractivity contribution is -0.0222. The van der Waals surface area contributed by atoms with Crippen LogP contribution in [-0.2, 0) is 4.74 Å². The Balaban J connectivity index is 1.53. The highest BCUT2D eigenvalue weighted by Gasteiger charge is 2.35. The highest BCUT2D eigenvalue weighted by molar-refractivity contribution is 5.92. The molecule has 206 valence electrons. The molecule has 2 aliphatic heterocycles. The van der Waals surface area contributed by atoms with E-state index < -0.39 is 5.92 Å². The van der Waals surface area contributed by atoms with Gasteiger partial charge in [0.1, 0.15) is 5.82 Å². The molecular formula is C27H41F2N5O3. The SMILES string of the molecule is COc1cc2c(NCCCOC(C)C)nc(N3CCC(F)(F)CC3)nc2cc1OCCCN1CCCC1. The topological polar surface area (TPSA) is 72.0 Å². The summed E-state index contributed by atoms with van der Waals surface area (Å²) in [5.41, 5.74) is 0.693. The van der Waals surface area contributed by atoms with Gasteiger partial charge in [0.25, 0.3) is 5.92 Å². The Morgan fingerprint density at radius 3 is 2.46 bits per heavy atom. The van der Waals surface area contributed by atoms with Crippen molar-refractivity contribution < 1.29 is 23.0 Å². The Labute approximate surface area is 218 Å². The number of likely N-dealkylation sites (tertiary alicyclic amines) is 1. The number of aromatic nitrogens is 2. The molecule has 0 radical (unpaired) electrons. The maximum absolute atomic E-state index is 13.8. The van der Waals surface area contributed by atoms with E-state index in [1.54, 1.807) is 7.11 Å². The number of alkyl halides is 2. The minimum atomic E-state index is -2.63. The zero-order valence-corrected chi connectivity index (χ0v) is 22.4. The first-order chi connectivity index (χ1) is 17.8. The number of halogens is 2. The van der Waals surface area contributed by atoms with Crippen LogP contribution in [0.5, 0.6) is 11.5 Å². The third kappa shape index (κ3) is 7.77. The van der Waals surface area contributed by atoms with Crippen molar-refractivity contribution in [3.63, 3.8) is 0 Å². The van der Waals surface area contributed by atoms with Crippen molar-refractivity contribution in [1.82, 2.24) is 14.9 Å². The normalized spacial score (nSPS) is 18.1. The summed E-state index contributed by atoms with van der Waals surface area (Å²) >= 11 is 0. The van der Waals surface area contributed by atoms with Gasteiger partial charge in [-0.25, -0.2) is 13.8 Å². The van der Waals surface area contributed by atoms with Crippen molar-refractivity contribution in [2.75, 3.05) is 69.8 Å². The van der Waals surface area contributed by atoms with E-state index in [-0.39, 0.29) is 32.0 Å². The van der Waals surface area contributed by atoms with E-state index in [4.69, 9.17) is 24.2 Å². The summed E-state index contributed by atoms with van der Waals surface area (Å²) in [6.07, 6.45) is 4.08. The van der Waals surface area contributed by atoms with Gasteiger partial charge in [0, 0.05) is 57.1 Å². The highest BCUT2D eigenvalue weighted by Crippen LogP contribution is 2.36. The first-order valence-electron chi connectivity index (χ1n) is 13.6. The second-order valence-electron chi connectivity index (χ2n) is 10.2. The molecule has 0 unspecified atom stereocenters. The fourth-order valence-corrected chi connectivity index (χ4v) is 4.78. The highest BCUT2D eigenvalue weighted by atomic mass is 19.3. The number of hydrogen-bond acceptors (Lipinski definition) is 8. The van der Waals surface area contributed by atoms with Gasteiger partial charge in [0.2, 0.25) is 5.95 Å². The molecule has 2 fully saturated rings.